The summed E-state index contributed by atoms with van der Waals surface area (Å²) in [5.74, 6) is -1.01. The Labute approximate surface area is 247 Å². The van der Waals surface area contributed by atoms with Gasteiger partial charge in [-0.25, -0.2) is 9.78 Å². The number of fused-ring (bicyclic) bond motifs is 3. The normalized spacial score (nSPS) is 20.9. The Hall–Kier alpha value is -3.59. The monoisotopic (exact) mass is 573 g/mol. The van der Waals surface area contributed by atoms with E-state index in [1.165, 1.54) is 51.8 Å². The van der Waals surface area contributed by atoms with Crippen LogP contribution in [0.3, 0.4) is 0 Å². The third-order valence-electron chi connectivity index (χ3n) is 9.05. The molecule has 4 heterocycles. The fraction of sp³-hybridized carbons (Fsp3) is 0.545. The van der Waals surface area contributed by atoms with Crippen LogP contribution in [0.4, 0.5) is 0 Å². The van der Waals surface area contributed by atoms with Crippen molar-refractivity contribution in [3.8, 4) is 0 Å². The molecule has 5 rings (SSSR count). The van der Waals surface area contributed by atoms with E-state index in [0.29, 0.717) is 34.9 Å². The van der Waals surface area contributed by atoms with Crippen LogP contribution < -0.4 is 10.9 Å². The number of piperidine rings is 1. The summed E-state index contributed by atoms with van der Waals surface area (Å²) in [4.78, 5) is 50.4. The molecule has 9 heteroatoms. The van der Waals surface area contributed by atoms with Gasteiger partial charge in [-0.2, -0.15) is 0 Å². The molecule has 3 aromatic rings. The maximum atomic E-state index is 13.9. The first-order valence-electron chi connectivity index (χ1n) is 15.5. The van der Waals surface area contributed by atoms with Gasteiger partial charge in [0, 0.05) is 30.4 Å². The largest absolute Gasteiger partial charge is 0.465 e. The molecule has 1 aromatic carbocycles. The molecule has 4 atom stereocenters. The number of esters is 1. The molecular weight excluding hydrogens is 530 g/mol. The lowest BCUT2D eigenvalue weighted by atomic mass is 9.93. The molecule has 0 saturated carbocycles. The van der Waals surface area contributed by atoms with Gasteiger partial charge in [0.1, 0.15) is 0 Å². The summed E-state index contributed by atoms with van der Waals surface area (Å²) in [7, 11) is 1.31. The van der Waals surface area contributed by atoms with Crippen LogP contribution in [0.2, 0.25) is 0 Å². The molecule has 0 aliphatic carbocycles. The number of aromatic nitrogens is 3. The highest BCUT2D eigenvalue weighted by Gasteiger charge is 2.43. The van der Waals surface area contributed by atoms with Gasteiger partial charge in [0.25, 0.3) is 11.5 Å². The Bertz CT molecular complexity index is 1440. The number of para-hydroxylation sites is 2. The fourth-order valence-corrected chi connectivity index (χ4v) is 6.99. The second-order valence-electron chi connectivity index (χ2n) is 11.8. The first-order chi connectivity index (χ1) is 20.4. The van der Waals surface area contributed by atoms with Crippen LogP contribution in [0.1, 0.15) is 111 Å². The number of carbonyl (C=O) groups is 2. The summed E-state index contributed by atoms with van der Waals surface area (Å²) in [6.45, 7) is 4.73. The predicted octanol–water partition coefficient (Wildman–Crippen LogP) is 5.43. The number of pyridine rings is 1. The zero-order chi connectivity index (χ0) is 29.6. The van der Waals surface area contributed by atoms with E-state index in [1.807, 2.05) is 28.8 Å². The Morgan fingerprint density at radius 3 is 2.45 bits per heavy atom. The molecule has 42 heavy (non-hydrogen) atoms. The van der Waals surface area contributed by atoms with Gasteiger partial charge in [0.2, 0.25) is 0 Å². The van der Waals surface area contributed by atoms with E-state index in [9.17, 15) is 14.4 Å². The van der Waals surface area contributed by atoms with Gasteiger partial charge in [-0.15, -0.1) is 0 Å². The van der Waals surface area contributed by atoms with Crippen LogP contribution >= 0.6 is 0 Å². The molecule has 2 bridgehead atoms. The molecular formula is C33H43N5O4. The molecule has 1 amide bonds. The Kier molecular flexibility index (Phi) is 9.67. The summed E-state index contributed by atoms with van der Waals surface area (Å²) in [5.41, 5.74) is 1.85. The number of methoxy groups -OCH3 is 1. The second-order valence-corrected chi connectivity index (χ2v) is 11.8. The average Bonchev–Trinajstić information content (AvgIpc) is 3.28. The third-order valence-corrected chi connectivity index (χ3v) is 9.05. The number of nitrogens with zero attached hydrogens (tertiary/aromatic N) is 4. The van der Waals surface area contributed by atoms with Gasteiger partial charge in [-0.1, -0.05) is 51.2 Å². The van der Waals surface area contributed by atoms with Crippen molar-refractivity contribution < 1.29 is 14.3 Å². The van der Waals surface area contributed by atoms with E-state index in [0.717, 1.165) is 31.2 Å². The fourth-order valence-electron chi connectivity index (χ4n) is 6.99. The van der Waals surface area contributed by atoms with Crippen LogP contribution in [0.5, 0.6) is 0 Å². The summed E-state index contributed by atoms with van der Waals surface area (Å²) in [6, 6.07) is 12.3. The first kappa shape index (κ1) is 29.9. The van der Waals surface area contributed by atoms with Crippen LogP contribution in [-0.4, -0.2) is 56.5 Å². The molecule has 9 nitrogen and oxygen atoms in total. The highest BCUT2D eigenvalue weighted by atomic mass is 16.5. The zero-order valence-corrected chi connectivity index (χ0v) is 25.1. The smallest absolute Gasteiger partial charge is 0.339 e. The van der Waals surface area contributed by atoms with Crippen molar-refractivity contribution in [2.24, 2.45) is 0 Å². The topological polar surface area (TPSA) is 106 Å². The molecule has 2 aliphatic rings. The highest BCUT2D eigenvalue weighted by Crippen LogP contribution is 2.43. The Balaban J connectivity index is 1.32. The minimum Gasteiger partial charge on any atom is -0.465 e. The van der Waals surface area contributed by atoms with E-state index in [1.54, 1.807) is 12.1 Å². The highest BCUT2D eigenvalue weighted by molar-refractivity contribution is 5.94. The van der Waals surface area contributed by atoms with Gasteiger partial charge in [0.05, 0.1) is 35.9 Å². The first-order valence-corrected chi connectivity index (χ1v) is 15.5. The van der Waals surface area contributed by atoms with Gasteiger partial charge >= 0.3 is 5.97 Å². The predicted molar refractivity (Wildman–Crippen MR) is 163 cm³/mol. The molecule has 1 unspecified atom stereocenters. The number of benzene rings is 1. The maximum absolute atomic E-state index is 13.9. The average molecular weight is 574 g/mol. The van der Waals surface area contributed by atoms with Crippen molar-refractivity contribution in [2.45, 2.75) is 109 Å². The number of amides is 1. The van der Waals surface area contributed by atoms with Crippen molar-refractivity contribution in [1.82, 2.24) is 24.8 Å². The number of hydrogen-bond donors (Lipinski definition) is 1. The van der Waals surface area contributed by atoms with Crippen LogP contribution in [0.15, 0.2) is 47.4 Å². The number of carbonyl (C=O) groups excluding carboxylic acids is 2. The third kappa shape index (κ3) is 6.41. The van der Waals surface area contributed by atoms with Crippen LogP contribution in [0, 0.1) is 0 Å². The Morgan fingerprint density at radius 2 is 1.76 bits per heavy atom. The lowest BCUT2D eigenvalue weighted by molar-refractivity contribution is 0.0599. The standard InChI is InChI=1S/C33H43N5O4/c1-4-5-6-7-8-11-22(2)37-25-16-17-26(37)19-27(18-25)38-29-13-10-9-12-28(29)36-30(32(38)40)31(39)35-21-24-15-14-23(20-34-24)33(41)42-3/h9-10,12-15,20,22,25-27H,4-8,11,16-19,21H2,1-3H3,(H,35,39)/t22?,25-,26+,27+. The second kappa shape index (κ2) is 13.6. The van der Waals surface area contributed by atoms with Crippen LogP contribution in [0.25, 0.3) is 11.0 Å². The maximum Gasteiger partial charge on any atom is 0.339 e. The molecule has 2 saturated heterocycles. The molecule has 2 aromatic heterocycles. The number of rotatable bonds is 12. The van der Waals surface area contributed by atoms with E-state index < -0.39 is 11.9 Å². The van der Waals surface area contributed by atoms with Gasteiger partial charge in [-0.05, 0) is 63.3 Å². The van der Waals surface area contributed by atoms with Crippen LogP contribution in [-0.2, 0) is 11.3 Å². The number of nitrogens with one attached hydrogen (secondary N) is 1. The quantitative estimate of drug-likeness (QED) is 0.228. The molecule has 224 valence electrons. The molecule has 2 fully saturated rings. The number of ether oxygens (including phenoxy) is 1. The van der Waals surface area contributed by atoms with E-state index in [-0.39, 0.29) is 23.8 Å². The number of unbranched alkanes of at least 4 members (excludes halogenated alkanes) is 4. The van der Waals surface area contributed by atoms with Crippen molar-refractivity contribution >= 4 is 22.9 Å². The molecule has 1 N–H and O–H groups in total. The van der Waals surface area contributed by atoms with E-state index >= 15 is 0 Å². The summed E-state index contributed by atoms with van der Waals surface area (Å²) in [6.07, 6.45) is 13.3. The van der Waals surface area contributed by atoms with E-state index in [2.05, 4.69) is 34.0 Å². The zero-order valence-electron chi connectivity index (χ0n) is 25.1. The van der Waals surface area contributed by atoms with Crippen molar-refractivity contribution in [3.05, 3.63) is 69.9 Å². The van der Waals surface area contributed by atoms with E-state index in [4.69, 9.17) is 4.74 Å². The minimum absolute atomic E-state index is 0.0231. The van der Waals surface area contributed by atoms with Gasteiger partial charge < -0.3 is 14.6 Å². The SMILES string of the molecule is CCCCCCCC(C)N1[C@@H]2CC[C@H]1C[C@@H](n1c(=O)c(C(=O)NCc3ccc(C(=O)OC)cn3)nc3ccccc31)C2. The van der Waals surface area contributed by atoms with Gasteiger partial charge in [-0.3, -0.25) is 19.5 Å². The van der Waals surface area contributed by atoms with Gasteiger partial charge in [0.15, 0.2) is 5.69 Å². The lowest BCUT2D eigenvalue weighted by Crippen LogP contribution is -2.49. The molecule has 2 aliphatic heterocycles. The van der Waals surface area contributed by atoms with Crippen molar-refractivity contribution in [1.29, 1.82) is 0 Å². The van der Waals surface area contributed by atoms with Crippen molar-refractivity contribution in [2.75, 3.05) is 7.11 Å². The molecule has 0 spiro atoms. The molecule has 0 radical (unpaired) electrons. The number of hydrogen-bond acceptors (Lipinski definition) is 7. The minimum atomic E-state index is -0.532. The van der Waals surface area contributed by atoms with Crippen molar-refractivity contribution in [3.63, 3.8) is 0 Å². The Morgan fingerprint density at radius 1 is 1.02 bits per heavy atom. The summed E-state index contributed by atoms with van der Waals surface area (Å²) in [5, 5.41) is 2.80. The summed E-state index contributed by atoms with van der Waals surface area (Å²) >= 11 is 0. The summed E-state index contributed by atoms with van der Waals surface area (Å²) < 4.78 is 6.55. The lowest BCUT2D eigenvalue weighted by Gasteiger charge is -2.43.